The number of ether oxygens (including phenoxy) is 1. The largest absolute Gasteiger partial charge is 0.443 e. The van der Waals surface area contributed by atoms with Crippen molar-refractivity contribution in [2.45, 2.75) is 19.4 Å². The van der Waals surface area contributed by atoms with Crippen LogP contribution >= 0.6 is 11.3 Å². The van der Waals surface area contributed by atoms with Crippen molar-refractivity contribution in [3.05, 3.63) is 29.5 Å². The SMILES string of the molecule is O=C(CCC(=O)N1CCOCC1)NCc1coc(-c2cccs2)n1. The summed E-state index contributed by atoms with van der Waals surface area (Å²) in [6.45, 7) is 2.63. The molecule has 0 saturated carbocycles. The van der Waals surface area contributed by atoms with E-state index in [1.807, 2.05) is 17.5 Å². The van der Waals surface area contributed by atoms with Gasteiger partial charge in [-0.05, 0) is 11.4 Å². The van der Waals surface area contributed by atoms with Crippen LogP contribution in [-0.4, -0.2) is 48.0 Å². The minimum Gasteiger partial charge on any atom is -0.443 e. The third-order valence-corrected chi connectivity index (χ3v) is 4.54. The molecule has 0 aromatic carbocycles. The molecule has 1 aliphatic rings. The smallest absolute Gasteiger partial charge is 0.236 e. The van der Waals surface area contributed by atoms with E-state index < -0.39 is 0 Å². The highest BCUT2D eigenvalue weighted by Crippen LogP contribution is 2.23. The molecule has 2 aromatic rings. The van der Waals surface area contributed by atoms with Crippen LogP contribution in [0, 0.1) is 0 Å². The lowest BCUT2D eigenvalue weighted by atomic mass is 10.2. The Morgan fingerprint density at radius 2 is 2.12 bits per heavy atom. The van der Waals surface area contributed by atoms with Gasteiger partial charge < -0.3 is 19.4 Å². The van der Waals surface area contributed by atoms with Crippen molar-refractivity contribution in [1.29, 1.82) is 0 Å². The fourth-order valence-electron chi connectivity index (χ4n) is 2.37. The Kier molecular flexibility index (Phi) is 5.60. The van der Waals surface area contributed by atoms with Crippen molar-refractivity contribution >= 4 is 23.2 Å². The standard InChI is InChI=1S/C16H19N3O4S/c20-14(3-4-15(21)19-5-7-22-8-6-19)17-10-12-11-23-16(18-12)13-2-1-9-24-13/h1-2,9,11H,3-8,10H2,(H,17,20). The van der Waals surface area contributed by atoms with E-state index in [1.165, 1.54) is 6.26 Å². The number of aromatic nitrogens is 1. The molecule has 0 aliphatic carbocycles. The lowest BCUT2D eigenvalue weighted by Gasteiger charge is -2.26. The zero-order valence-electron chi connectivity index (χ0n) is 13.2. The maximum atomic E-state index is 12.0. The first-order valence-electron chi connectivity index (χ1n) is 7.83. The van der Waals surface area contributed by atoms with Gasteiger partial charge in [-0.1, -0.05) is 6.07 Å². The molecule has 8 heteroatoms. The summed E-state index contributed by atoms with van der Waals surface area (Å²) >= 11 is 1.54. The van der Waals surface area contributed by atoms with Gasteiger partial charge in [0, 0.05) is 25.9 Å². The molecule has 24 heavy (non-hydrogen) atoms. The van der Waals surface area contributed by atoms with Gasteiger partial charge in [0.25, 0.3) is 0 Å². The number of nitrogens with zero attached hydrogens (tertiary/aromatic N) is 2. The number of nitrogens with one attached hydrogen (secondary N) is 1. The van der Waals surface area contributed by atoms with E-state index >= 15 is 0 Å². The van der Waals surface area contributed by atoms with E-state index in [4.69, 9.17) is 9.15 Å². The molecule has 0 radical (unpaired) electrons. The Morgan fingerprint density at radius 1 is 1.29 bits per heavy atom. The molecule has 3 rings (SSSR count). The molecule has 128 valence electrons. The fourth-order valence-corrected chi connectivity index (χ4v) is 3.03. The monoisotopic (exact) mass is 349 g/mol. The topological polar surface area (TPSA) is 84.7 Å². The minimum atomic E-state index is -0.169. The fraction of sp³-hybridized carbons (Fsp3) is 0.438. The van der Waals surface area contributed by atoms with Crippen molar-refractivity contribution in [1.82, 2.24) is 15.2 Å². The molecule has 0 spiro atoms. The van der Waals surface area contributed by atoms with Crippen molar-refractivity contribution < 1.29 is 18.7 Å². The van der Waals surface area contributed by atoms with Gasteiger partial charge in [0.05, 0.1) is 30.3 Å². The highest BCUT2D eigenvalue weighted by Gasteiger charge is 2.17. The Labute approximate surface area is 143 Å². The van der Waals surface area contributed by atoms with Gasteiger partial charge in [0.1, 0.15) is 6.26 Å². The summed E-state index contributed by atoms with van der Waals surface area (Å²) < 4.78 is 10.6. The number of morpholine rings is 1. The van der Waals surface area contributed by atoms with Gasteiger partial charge >= 0.3 is 0 Å². The van der Waals surface area contributed by atoms with Crippen molar-refractivity contribution in [2.24, 2.45) is 0 Å². The van der Waals surface area contributed by atoms with Crippen LogP contribution in [0.4, 0.5) is 0 Å². The van der Waals surface area contributed by atoms with Crippen molar-refractivity contribution in [3.8, 4) is 10.8 Å². The van der Waals surface area contributed by atoms with E-state index in [9.17, 15) is 9.59 Å². The highest BCUT2D eigenvalue weighted by molar-refractivity contribution is 7.13. The van der Waals surface area contributed by atoms with Crippen molar-refractivity contribution in [3.63, 3.8) is 0 Å². The summed E-state index contributed by atoms with van der Waals surface area (Å²) in [6.07, 6.45) is 1.92. The first-order chi connectivity index (χ1) is 11.7. The minimum absolute atomic E-state index is 0.00475. The summed E-state index contributed by atoms with van der Waals surface area (Å²) in [6, 6.07) is 3.85. The number of carbonyl (C=O) groups excluding carboxylic acids is 2. The Hall–Kier alpha value is -2.19. The maximum Gasteiger partial charge on any atom is 0.236 e. The van der Waals surface area contributed by atoms with Gasteiger partial charge in [-0.25, -0.2) is 4.98 Å². The first-order valence-corrected chi connectivity index (χ1v) is 8.71. The molecule has 0 bridgehead atoms. The molecule has 3 heterocycles. The second-order valence-corrected chi connectivity index (χ2v) is 6.34. The number of carbonyl (C=O) groups is 2. The summed E-state index contributed by atoms with van der Waals surface area (Å²) in [4.78, 5) is 30.9. The summed E-state index contributed by atoms with van der Waals surface area (Å²) in [5.41, 5.74) is 0.659. The number of oxazole rings is 1. The van der Waals surface area contributed by atoms with Crippen LogP contribution in [0.15, 0.2) is 28.2 Å². The second kappa shape index (κ2) is 8.07. The average Bonchev–Trinajstić information content (AvgIpc) is 3.29. The lowest BCUT2D eigenvalue weighted by molar-refractivity contribution is -0.137. The second-order valence-electron chi connectivity index (χ2n) is 5.39. The van der Waals surface area contributed by atoms with E-state index in [2.05, 4.69) is 10.3 Å². The number of hydrogen-bond donors (Lipinski definition) is 1. The molecule has 2 aromatic heterocycles. The Balaban J connectivity index is 1.40. The average molecular weight is 349 g/mol. The predicted octanol–water partition coefficient (Wildman–Crippen LogP) is 1.66. The lowest BCUT2D eigenvalue weighted by Crippen LogP contribution is -2.41. The van der Waals surface area contributed by atoms with Crippen LogP contribution in [0.5, 0.6) is 0 Å². The molecule has 7 nitrogen and oxygen atoms in total. The number of thiophene rings is 1. The molecule has 0 atom stereocenters. The van der Waals surface area contributed by atoms with E-state index in [0.29, 0.717) is 44.4 Å². The van der Waals surface area contributed by atoms with Gasteiger partial charge in [-0.15, -0.1) is 11.3 Å². The molecule has 2 amide bonds. The Morgan fingerprint density at radius 3 is 2.88 bits per heavy atom. The van der Waals surface area contributed by atoms with Crippen LogP contribution in [-0.2, 0) is 20.9 Å². The summed E-state index contributed by atoms with van der Waals surface area (Å²) in [5, 5.41) is 4.71. The van der Waals surface area contributed by atoms with Crippen LogP contribution in [0.3, 0.4) is 0 Å². The Bertz CT molecular complexity index is 677. The molecule has 1 aliphatic heterocycles. The maximum absolute atomic E-state index is 12.0. The normalized spacial score (nSPS) is 14.6. The number of hydrogen-bond acceptors (Lipinski definition) is 6. The van der Waals surface area contributed by atoms with Gasteiger partial charge in [-0.2, -0.15) is 0 Å². The highest BCUT2D eigenvalue weighted by atomic mass is 32.1. The van der Waals surface area contributed by atoms with Crippen LogP contribution < -0.4 is 5.32 Å². The molecule has 0 unspecified atom stereocenters. The third kappa shape index (κ3) is 4.42. The van der Waals surface area contributed by atoms with Gasteiger partial charge in [0.2, 0.25) is 17.7 Å². The van der Waals surface area contributed by atoms with Crippen LogP contribution in [0.25, 0.3) is 10.8 Å². The predicted molar refractivity (Wildman–Crippen MR) is 88.3 cm³/mol. The number of rotatable bonds is 6. The van der Waals surface area contributed by atoms with Crippen LogP contribution in [0.1, 0.15) is 18.5 Å². The zero-order chi connectivity index (χ0) is 16.8. The van der Waals surface area contributed by atoms with E-state index in [1.54, 1.807) is 16.2 Å². The van der Waals surface area contributed by atoms with Crippen LogP contribution in [0.2, 0.25) is 0 Å². The van der Waals surface area contributed by atoms with E-state index in [-0.39, 0.29) is 24.7 Å². The zero-order valence-corrected chi connectivity index (χ0v) is 14.0. The van der Waals surface area contributed by atoms with E-state index in [0.717, 1.165) is 4.88 Å². The molecular weight excluding hydrogens is 330 g/mol. The summed E-state index contributed by atoms with van der Waals surface area (Å²) in [7, 11) is 0. The molecule has 1 saturated heterocycles. The van der Waals surface area contributed by atoms with Gasteiger partial charge in [0.15, 0.2) is 0 Å². The molecular formula is C16H19N3O4S. The van der Waals surface area contributed by atoms with Gasteiger partial charge in [-0.3, -0.25) is 9.59 Å². The third-order valence-electron chi connectivity index (χ3n) is 3.68. The molecule has 1 N–H and O–H groups in total. The quantitative estimate of drug-likeness (QED) is 0.857. The summed E-state index contributed by atoms with van der Waals surface area (Å²) in [5.74, 6) is 0.379. The molecule has 1 fully saturated rings. The first kappa shape index (κ1) is 16.7. The number of amides is 2. The van der Waals surface area contributed by atoms with Crippen molar-refractivity contribution in [2.75, 3.05) is 26.3 Å².